The minimum absolute atomic E-state index is 0.0852. The molecule has 0 amide bonds. The molecule has 0 aromatic heterocycles. The van der Waals surface area contributed by atoms with Crippen LogP contribution < -0.4 is 9.47 Å². The zero-order valence-corrected chi connectivity index (χ0v) is 18.4. The fraction of sp³-hybridized carbons (Fsp3) is 0.280. The van der Waals surface area contributed by atoms with E-state index in [2.05, 4.69) is 4.74 Å². The number of alkyl halides is 6. The van der Waals surface area contributed by atoms with Crippen molar-refractivity contribution < 1.29 is 45.7 Å². The number of hydrogen-bond donors (Lipinski definition) is 1. The molecule has 0 spiro atoms. The minimum Gasteiger partial charge on any atom is -0.497 e. The van der Waals surface area contributed by atoms with Crippen LogP contribution in [0.3, 0.4) is 0 Å². The molecule has 1 unspecified atom stereocenters. The molecule has 3 rings (SSSR count). The molecular weight excluding hydrogens is 478 g/mol. The van der Waals surface area contributed by atoms with Crippen LogP contribution in [0.25, 0.3) is 0 Å². The van der Waals surface area contributed by atoms with E-state index in [4.69, 9.17) is 9.47 Å². The van der Waals surface area contributed by atoms with Crippen LogP contribution in [0.1, 0.15) is 22.8 Å². The van der Waals surface area contributed by atoms with Crippen LogP contribution in [-0.4, -0.2) is 31.2 Å². The van der Waals surface area contributed by atoms with Crippen LogP contribution in [-0.2, 0) is 16.9 Å². The van der Waals surface area contributed by atoms with Gasteiger partial charge < -0.3 is 19.3 Å². The highest BCUT2D eigenvalue weighted by Crippen LogP contribution is 2.53. The van der Waals surface area contributed by atoms with Crippen LogP contribution in [0.15, 0.2) is 78.9 Å². The number of aliphatic hydroxyl groups excluding tert-OH is 1. The maximum atomic E-state index is 14.1. The van der Waals surface area contributed by atoms with E-state index in [1.165, 1.54) is 37.4 Å². The Kier molecular flexibility index (Phi) is 7.97. The second-order valence-corrected chi connectivity index (χ2v) is 7.58. The summed E-state index contributed by atoms with van der Waals surface area (Å²) in [6.45, 7) is -1.36. The van der Waals surface area contributed by atoms with Crippen LogP contribution in [0.2, 0.25) is 0 Å². The molecule has 10 heteroatoms. The Bertz CT molecular complexity index is 1070. The van der Waals surface area contributed by atoms with Gasteiger partial charge in [0.25, 0.3) is 5.60 Å². The summed E-state index contributed by atoms with van der Waals surface area (Å²) in [7, 11) is 1.37. The van der Waals surface area contributed by atoms with Gasteiger partial charge in [0.2, 0.25) is 0 Å². The van der Waals surface area contributed by atoms with Crippen molar-refractivity contribution in [2.45, 2.75) is 30.7 Å². The van der Waals surface area contributed by atoms with Crippen LogP contribution in [0.4, 0.5) is 26.3 Å². The molecule has 4 nitrogen and oxygen atoms in total. The number of hydrogen-bond acceptors (Lipinski definition) is 4. The Hall–Kier alpha value is -3.24. The highest BCUT2D eigenvalue weighted by Gasteiger charge is 2.73. The zero-order valence-electron chi connectivity index (χ0n) is 18.4. The molecule has 1 N–H and O–H groups in total. The summed E-state index contributed by atoms with van der Waals surface area (Å²) in [5, 5.41) is 10.2. The number of ether oxygens (including phenoxy) is 3. The first-order valence-corrected chi connectivity index (χ1v) is 10.3. The van der Waals surface area contributed by atoms with Gasteiger partial charge in [0, 0.05) is 5.56 Å². The van der Waals surface area contributed by atoms with E-state index in [1.807, 2.05) is 0 Å². The summed E-state index contributed by atoms with van der Waals surface area (Å²) in [6.07, 6.45) is -12.8. The third-order valence-corrected chi connectivity index (χ3v) is 5.25. The van der Waals surface area contributed by atoms with E-state index in [9.17, 15) is 31.4 Å². The lowest BCUT2D eigenvalue weighted by Crippen LogP contribution is -2.55. The molecular formula is C25H22F6O4. The summed E-state index contributed by atoms with van der Waals surface area (Å²) < 4.78 is 99.5. The number of methoxy groups -OCH3 is 1. The first-order valence-electron chi connectivity index (χ1n) is 10.3. The Balaban J connectivity index is 1.91. The smallest absolute Gasteiger partial charge is 0.430 e. The van der Waals surface area contributed by atoms with Crippen molar-refractivity contribution in [2.75, 3.05) is 13.7 Å². The molecule has 35 heavy (non-hydrogen) atoms. The summed E-state index contributed by atoms with van der Waals surface area (Å²) in [4.78, 5) is 0. The third-order valence-electron chi connectivity index (χ3n) is 5.25. The maximum absolute atomic E-state index is 14.1. The molecule has 0 fully saturated rings. The summed E-state index contributed by atoms with van der Waals surface area (Å²) in [6, 6.07) is 17.2. The second kappa shape index (κ2) is 10.6. The van der Waals surface area contributed by atoms with Crippen molar-refractivity contribution >= 4 is 0 Å². The molecule has 3 aromatic rings. The van der Waals surface area contributed by atoms with E-state index in [0.717, 1.165) is 6.07 Å². The zero-order chi connectivity index (χ0) is 25.7. The Morgan fingerprint density at radius 2 is 1.40 bits per heavy atom. The molecule has 3 aromatic carbocycles. The molecule has 0 aliphatic carbocycles. The summed E-state index contributed by atoms with van der Waals surface area (Å²) in [5.74, 6) is 0.0950. The Morgan fingerprint density at radius 3 is 1.97 bits per heavy atom. The molecule has 0 saturated carbocycles. The maximum Gasteiger partial charge on any atom is 0.430 e. The fourth-order valence-corrected chi connectivity index (χ4v) is 3.40. The molecule has 0 saturated heterocycles. The van der Waals surface area contributed by atoms with Crippen molar-refractivity contribution in [2.24, 2.45) is 0 Å². The van der Waals surface area contributed by atoms with Crippen molar-refractivity contribution in [1.29, 1.82) is 0 Å². The Labute approximate surface area is 197 Å². The number of halogens is 6. The predicted molar refractivity (Wildman–Crippen MR) is 115 cm³/mol. The third kappa shape index (κ3) is 5.88. The first kappa shape index (κ1) is 26.4. The second-order valence-electron chi connectivity index (χ2n) is 7.58. The van der Waals surface area contributed by atoms with E-state index >= 15 is 0 Å². The van der Waals surface area contributed by atoms with E-state index < -0.39 is 36.2 Å². The van der Waals surface area contributed by atoms with Gasteiger partial charge in [-0.25, -0.2) is 0 Å². The van der Waals surface area contributed by atoms with E-state index in [-0.39, 0.29) is 17.9 Å². The number of aliphatic hydroxyl groups is 1. The highest BCUT2D eigenvalue weighted by atomic mass is 19.4. The lowest BCUT2D eigenvalue weighted by Gasteiger charge is -2.37. The van der Waals surface area contributed by atoms with Gasteiger partial charge in [-0.2, -0.15) is 26.3 Å². The molecule has 0 bridgehead atoms. The molecule has 1 atom stereocenters. The first-order chi connectivity index (χ1) is 16.5. The van der Waals surface area contributed by atoms with Crippen molar-refractivity contribution in [3.63, 3.8) is 0 Å². The molecule has 0 aliphatic rings. The van der Waals surface area contributed by atoms with Crippen LogP contribution >= 0.6 is 0 Å². The SMILES string of the molecule is COc1ccc(COC(c2cccc(OCC(O)c3ccccc3)c2)(C(F)(F)F)C(F)(F)F)cc1. The van der Waals surface area contributed by atoms with Crippen molar-refractivity contribution in [3.8, 4) is 11.5 Å². The van der Waals surface area contributed by atoms with Gasteiger partial charge in [-0.05, 0) is 35.4 Å². The lowest BCUT2D eigenvalue weighted by molar-refractivity contribution is -0.392. The quantitative estimate of drug-likeness (QED) is 0.348. The van der Waals surface area contributed by atoms with Crippen molar-refractivity contribution in [1.82, 2.24) is 0 Å². The summed E-state index contributed by atoms with van der Waals surface area (Å²) >= 11 is 0. The van der Waals surface area contributed by atoms with E-state index in [0.29, 0.717) is 23.4 Å². The van der Waals surface area contributed by atoms with Gasteiger partial charge in [0.1, 0.15) is 24.2 Å². The minimum atomic E-state index is -5.85. The Morgan fingerprint density at radius 1 is 0.771 bits per heavy atom. The highest BCUT2D eigenvalue weighted by molar-refractivity contribution is 5.35. The van der Waals surface area contributed by atoms with Crippen LogP contribution in [0.5, 0.6) is 11.5 Å². The fourth-order valence-electron chi connectivity index (χ4n) is 3.40. The summed E-state index contributed by atoms with van der Waals surface area (Å²) in [5.41, 5.74) is -5.25. The largest absolute Gasteiger partial charge is 0.497 e. The van der Waals surface area contributed by atoms with Crippen LogP contribution in [0, 0.1) is 0 Å². The van der Waals surface area contributed by atoms with Gasteiger partial charge in [-0.15, -0.1) is 0 Å². The lowest BCUT2D eigenvalue weighted by atomic mass is 9.91. The predicted octanol–water partition coefficient (Wildman–Crippen LogP) is 6.34. The monoisotopic (exact) mass is 500 g/mol. The topological polar surface area (TPSA) is 47.9 Å². The molecule has 0 radical (unpaired) electrons. The number of rotatable bonds is 9. The van der Waals surface area contributed by atoms with Gasteiger partial charge >= 0.3 is 12.4 Å². The van der Waals surface area contributed by atoms with Gasteiger partial charge in [-0.1, -0.05) is 54.6 Å². The molecule has 188 valence electrons. The normalized spacial score (nSPS) is 13.4. The van der Waals surface area contributed by atoms with E-state index in [1.54, 1.807) is 30.3 Å². The van der Waals surface area contributed by atoms with Gasteiger partial charge in [0.05, 0.1) is 13.7 Å². The number of benzene rings is 3. The standard InChI is InChI=1S/C25H22F6O4/c1-33-20-12-10-17(11-13-20)15-35-23(24(26,27)28,25(29,30)31)19-8-5-9-21(14-19)34-16-22(32)18-6-3-2-4-7-18/h2-14,22,32H,15-16H2,1H3. The van der Waals surface area contributed by atoms with Gasteiger partial charge in [0.15, 0.2) is 0 Å². The average molecular weight is 500 g/mol. The average Bonchev–Trinajstić information content (AvgIpc) is 2.82. The molecule has 0 aliphatic heterocycles. The van der Waals surface area contributed by atoms with Crippen molar-refractivity contribution in [3.05, 3.63) is 95.6 Å². The molecule has 0 heterocycles. The van der Waals surface area contributed by atoms with Gasteiger partial charge in [-0.3, -0.25) is 0 Å².